The maximum atomic E-state index is 10.8. The quantitative estimate of drug-likeness (QED) is 0.195. The predicted molar refractivity (Wildman–Crippen MR) is 158 cm³/mol. The Hall–Kier alpha value is -4.55. The molecule has 0 amide bonds. The third-order valence-corrected chi connectivity index (χ3v) is 7.85. The molecule has 3 heterocycles. The van der Waals surface area contributed by atoms with Crippen LogP contribution in [0.2, 0.25) is 0 Å². The monoisotopic (exact) mass is 567 g/mol. The number of methoxy groups -OCH3 is 2. The number of fused-ring (bicyclic) bond motifs is 1. The molecular formula is C31H33N7O4. The minimum atomic E-state index is -0.982. The topological polar surface area (TPSA) is 156 Å². The maximum Gasteiger partial charge on any atom is 0.167 e. The molecule has 11 heteroatoms. The standard InChI is InChI=1S/C31H33N7O4/c1-40-22-12-8-20(9-13-22)31(19-6-4-3-5-7-19,21-10-14-23(41-2)15-11-21)37-28-26-29(35-17-34-28)38(18-36-26)30-27(39)25(33)24(16-32)42-30/h3-15,17-18,24-25,27,30,39H,16,32-33H2,1-2H3,(H,34,35,37)/t24-,25-,27-,30-/m1/s1. The second kappa shape index (κ2) is 11.4. The number of nitrogens with one attached hydrogen (secondary N) is 1. The number of anilines is 1. The first-order valence-corrected chi connectivity index (χ1v) is 13.6. The van der Waals surface area contributed by atoms with E-state index in [1.807, 2.05) is 66.7 Å². The first-order valence-electron chi connectivity index (χ1n) is 13.6. The lowest BCUT2D eigenvalue weighted by Gasteiger charge is -2.37. The molecular weight excluding hydrogens is 534 g/mol. The van der Waals surface area contributed by atoms with Crippen LogP contribution < -0.4 is 26.3 Å². The fourth-order valence-electron chi connectivity index (χ4n) is 5.60. The molecule has 0 radical (unpaired) electrons. The van der Waals surface area contributed by atoms with Crippen molar-refractivity contribution < 1.29 is 19.3 Å². The predicted octanol–water partition coefficient (Wildman–Crippen LogP) is 2.79. The maximum absolute atomic E-state index is 10.8. The Balaban J connectivity index is 1.53. The first kappa shape index (κ1) is 27.6. The normalized spacial score (nSPS) is 20.5. The number of aliphatic hydroxyl groups is 1. The van der Waals surface area contributed by atoms with Crippen molar-refractivity contribution >= 4 is 17.0 Å². The second-order valence-electron chi connectivity index (χ2n) is 10.1. The summed E-state index contributed by atoms with van der Waals surface area (Å²) in [7, 11) is 3.28. The van der Waals surface area contributed by atoms with Gasteiger partial charge in [-0.05, 0) is 41.0 Å². The lowest BCUT2D eigenvalue weighted by molar-refractivity contribution is -0.0321. The zero-order valence-electron chi connectivity index (χ0n) is 23.3. The van der Waals surface area contributed by atoms with E-state index < -0.39 is 30.0 Å². The number of aromatic nitrogens is 4. The van der Waals surface area contributed by atoms with Gasteiger partial charge in [0.1, 0.15) is 29.5 Å². The molecule has 6 N–H and O–H groups in total. The Morgan fingerprint density at radius 2 is 1.48 bits per heavy atom. The Morgan fingerprint density at radius 1 is 0.881 bits per heavy atom. The molecule has 1 fully saturated rings. The molecule has 216 valence electrons. The van der Waals surface area contributed by atoms with Crippen LogP contribution in [0.5, 0.6) is 11.5 Å². The summed E-state index contributed by atoms with van der Waals surface area (Å²) in [6.07, 6.45) is 0.780. The molecule has 0 unspecified atom stereocenters. The van der Waals surface area contributed by atoms with Crippen LogP contribution >= 0.6 is 0 Å². The summed E-state index contributed by atoms with van der Waals surface area (Å²) in [5.74, 6) is 1.96. The molecule has 11 nitrogen and oxygen atoms in total. The summed E-state index contributed by atoms with van der Waals surface area (Å²) in [6.45, 7) is 0.187. The van der Waals surface area contributed by atoms with E-state index in [4.69, 9.17) is 25.7 Å². The van der Waals surface area contributed by atoms with Crippen molar-refractivity contribution in [3.8, 4) is 11.5 Å². The van der Waals surface area contributed by atoms with Crippen molar-refractivity contribution in [2.75, 3.05) is 26.1 Å². The van der Waals surface area contributed by atoms with E-state index in [2.05, 4.69) is 32.4 Å². The van der Waals surface area contributed by atoms with Crippen LogP contribution in [-0.4, -0.2) is 63.6 Å². The van der Waals surface area contributed by atoms with Gasteiger partial charge in [0.05, 0.1) is 32.7 Å². The van der Waals surface area contributed by atoms with Gasteiger partial charge in [0.15, 0.2) is 23.2 Å². The molecule has 0 aliphatic carbocycles. The van der Waals surface area contributed by atoms with Crippen LogP contribution in [-0.2, 0) is 10.3 Å². The highest BCUT2D eigenvalue weighted by Gasteiger charge is 2.43. The molecule has 4 atom stereocenters. The van der Waals surface area contributed by atoms with E-state index in [9.17, 15) is 5.11 Å². The van der Waals surface area contributed by atoms with Crippen molar-refractivity contribution in [3.63, 3.8) is 0 Å². The summed E-state index contributed by atoms with van der Waals surface area (Å²) >= 11 is 0. The number of hydrogen-bond donors (Lipinski definition) is 4. The van der Waals surface area contributed by atoms with Crippen molar-refractivity contribution in [2.45, 2.75) is 30.0 Å². The number of imidazole rings is 1. The zero-order valence-corrected chi connectivity index (χ0v) is 23.3. The van der Waals surface area contributed by atoms with Gasteiger partial charge >= 0.3 is 0 Å². The van der Waals surface area contributed by atoms with Gasteiger partial charge in [0.25, 0.3) is 0 Å². The van der Waals surface area contributed by atoms with E-state index >= 15 is 0 Å². The third kappa shape index (κ3) is 4.62. The molecule has 0 bridgehead atoms. The SMILES string of the molecule is COc1ccc(C(Nc2ncnc3c2ncn3[C@@H]2O[C@H](CN)[C@@H](N)[C@H]2O)(c2ccccc2)c2ccc(OC)cc2)cc1. The minimum Gasteiger partial charge on any atom is -0.497 e. The van der Waals surface area contributed by atoms with Gasteiger partial charge in [-0.25, -0.2) is 15.0 Å². The summed E-state index contributed by atoms with van der Waals surface area (Å²) in [5.41, 5.74) is 14.9. The lowest BCUT2D eigenvalue weighted by Crippen LogP contribution is -2.42. The van der Waals surface area contributed by atoms with E-state index in [0.29, 0.717) is 17.0 Å². The van der Waals surface area contributed by atoms with Gasteiger partial charge < -0.3 is 36.1 Å². The molecule has 2 aromatic heterocycles. The summed E-state index contributed by atoms with van der Waals surface area (Å²) < 4.78 is 18.6. The second-order valence-corrected chi connectivity index (χ2v) is 10.1. The molecule has 1 saturated heterocycles. The van der Waals surface area contributed by atoms with Crippen molar-refractivity contribution in [3.05, 3.63) is 108 Å². The van der Waals surface area contributed by atoms with Crippen LogP contribution in [0.1, 0.15) is 22.9 Å². The summed E-state index contributed by atoms with van der Waals surface area (Å²) in [4.78, 5) is 13.8. The van der Waals surface area contributed by atoms with Gasteiger partial charge in [-0.1, -0.05) is 54.6 Å². The van der Waals surface area contributed by atoms with E-state index in [1.165, 1.54) is 6.33 Å². The number of nitrogens with two attached hydrogens (primary N) is 2. The van der Waals surface area contributed by atoms with Crippen molar-refractivity contribution in [2.24, 2.45) is 11.5 Å². The summed E-state index contributed by atoms with van der Waals surface area (Å²) in [6, 6.07) is 25.3. The van der Waals surface area contributed by atoms with Crippen molar-refractivity contribution in [1.82, 2.24) is 19.5 Å². The van der Waals surface area contributed by atoms with Crippen LogP contribution in [0, 0.1) is 0 Å². The Labute approximate surface area is 243 Å². The average Bonchev–Trinajstić information content (AvgIpc) is 3.61. The van der Waals surface area contributed by atoms with Crippen LogP contribution in [0.15, 0.2) is 91.5 Å². The van der Waals surface area contributed by atoms with E-state index in [1.54, 1.807) is 25.1 Å². The Kier molecular flexibility index (Phi) is 7.48. The number of hydrogen-bond acceptors (Lipinski definition) is 10. The van der Waals surface area contributed by atoms with Gasteiger partial charge in [-0.2, -0.15) is 0 Å². The molecule has 6 rings (SSSR count). The van der Waals surface area contributed by atoms with Gasteiger partial charge in [0, 0.05) is 6.54 Å². The van der Waals surface area contributed by atoms with Gasteiger partial charge in [0.2, 0.25) is 0 Å². The fourth-order valence-corrected chi connectivity index (χ4v) is 5.60. The molecule has 1 aliphatic rings. The van der Waals surface area contributed by atoms with Crippen LogP contribution in [0.4, 0.5) is 5.82 Å². The minimum absolute atomic E-state index is 0.187. The van der Waals surface area contributed by atoms with Crippen molar-refractivity contribution in [1.29, 1.82) is 0 Å². The fraction of sp³-hybridized carbons (Fsp3) is 0.258. The molecule has 1 aliphatic heterocycles. The number of nitrogens with zero attached hydrogens (tertiary/aromatic N) is 4. The largest absolute Gasteiger partial charge is 0.497 e. The zero-order chi connectivity index (χ0) is 29.3. The highest BCUT2D eigenvalue weighted by molar-refractivity contribution is 5.84. The highest BCUT2D eigenvalue weighted by Crippen LogP contribution is 2.42. The first-order chi connectivity index (χ1) is 20.5. The average molecular weight is 568 g/mol. The Bertz CT molecular complexity index is 1600. The highest BCUT2D eigenvalue weighted by atomic mass is 16.5. The van der Waals surface area contributed by atoms with Gasteiger partial charge in [-0.3, -0.25) is 4.57 Å². The number of rotatable bonds is 9. The smallest absolute Gasteiger partial charge is 0.167 e. The number of aliphatic hydroxyl groups excluding tert-OH is 1. The van der Waals surface area contributed by atoms with E-state index in [0.717, 1.165) is 28.2 Å². The number of ether oxygens (including phenoxy) is 3. The molecule has 0 saturated carbocycles. The lowest BCUT2D eigenvalue weighted by atomic mass is 9.77. The third-order valence-electron chi connectivity index (χ3n) is 7.85. The number of benzene rings is 3. The van der Waals surface area contributed by atoms with Gasteiger partial charge in [-0.15, -0.1) is 0 Å². The van der Waals surface area contributed by atoms with E-state index in [-0.39, 0.29) is 6.54 Å². The molecule has 3 aromatic carbocycles. The summed E-state index contributed by atoms with van der Waals surface area (Å²) in [5, 5.41) is 14.6. The van der Waals surface area contributed by atoms with Crippen LogP contribution in [0.3, 0.4) is 0 Å². The van der Waals surface area contributed by atoms with Crippen LogP contribution in [0.25, 0.3) is 11.2 Å². The molecule has 42 heavy (non-hydrogen) atoms. The molecule has 0 spiro atoms. The Morgan fingerprint density at radius 3 is 2.02 bits per heavy atom. The molecule has 5 aromatic rings.